The van der Waals surface area contributed by atoms with Gasteiger partial charge in [-0.05, 0) is 24.1 Å². The van der Waals surface area contributed by atoms with Gasteiger partial charge in [0.1, 0.15) is 11.3 Å². The summed E-state index contributed by atoms with van der Waals surface area (Å²) in [4.78, 5) is 10.9. The van der Waals surface area contributed by atoms with Crippen LogP contribution in [0.5, 0.6) is 5.75 Å². The summed E-state index contributed by atoms with van der Waals surface area (Å²) >= 11 is 0. The van der Waals surface area contributed by atoms with Crippen molar-refractivity contribution in [3.63, 3.8) is 0 Å². The molecule has 0 spiro atoms. The number of carboxylic acid groups (broad SMARTS) is 1. The molecule has 1 aromatic carbocycles. The molecule has 0 amide bonds. The van der Waals surface area contributed by atoms with Crippen LogP contribution < -0.4 is 10.5 Å². The highest BCUT2D eigenvalue weighted by Crippen LogP contribution is 2.50. The first kappa shape index (κ1) is 11.9. The van der Waals surface area contributed by atoms with E-state index < -0.39 is 11.5 Å². The Balaban J connectivity index is 2.10. The second-order valence-corrected chi connectivity index (χ2v) is 4.23. The first-order chi connectivity index (χ1) is 8.08. The van der Waals surface area contributed by atoms with Crippen molar-refractivity contribution < 1.29 is 19.4 Å². The molecule has 0 aromatic heterocycles. The maximum absolute atomic E-state index is 10.9. The van der Waals surface area contributed by atoms with Gasteiger partial charge in [0.2, 0.25) is 0 Å². The average molecular weight is 237 g/mol. The molecule has 2 atom stereocenters. The number of carbonyl (C=O) groups is 1. The van der Waals surface area contributed by atoms with E-state index in [9.17, 15) is 4.79 Å². The molecule has 2 rings (SSSR count). The summed E-state index contributed by atoms with van der Waals surface area (Å²) in [5.41, 5.74) is 5.53. The average Bonchev–Trinajstić information content (AvgIpc) is 3.01. The van der Waals surface area contributed by atoms with Crippen LogP contribution in [0.3, 0.4) is 0 Å². The fraction of sp³-hybridized carbons (Fsp3) is 0.417. The molecule has 1 aliphatic rings. The normalized spacial score (nSPS) is 26.6. The second-order valence-electron chi connectivity index (χ2n) is 4.23. The van der Waals surface area contributed by atoms with E-state index >= 15 is 0 Å². The van der Waals surface area contributed by atoms with Gasteiger partial charge in [0, 0.05) is 13.0 Å². The van der Waals surface area contributed by atoms with Crippen molar-refractivity contribution in [2.75, 3.05) is 13.9 Å². The van der Waals surface area contributed by atoms with Gasteiger partial charge in [-0.2, -0.15) is 0 Å². The quantitative estimate of drug-likeness (QED) is 0.745. The summed E-state index contributed by atoms with van der Waals surface area (Å²) < 4.78 is 10.1. The lowest BCUT2D eigenvalue weighted by Gasteiger charge is -2.08. The van der Waals surface area contributed by atoms with E-state index in [1.807, 2.05) is 12.1 Å². The van der Waals surface area contributed by atoms with Crippen molar-refractivity contribution in [1.29, 1.82) is 0 Å². The molecular formula is C12H15NO4. The SMILES string of the molecule is COCOc1cccc(C2CC2(N)C(=O)O)c1. The van der Waals surface area contributed by atoms with Crippen molar-refractivity contribution in [3.8, 4) is 5.75 Å². The van der Waals surface area contributed by atoms with Gasteiger partial charge in [-0.1, -0.05) is 12.1 Å². The van der Waals surface area contributed by atoms with E-state index in [0.717, 1.165) is 5.56 Å². The summed E-state index contributed by atoms with van der Waals surface area (Å²) in [6.07, 6.45) is 0.468. The minimum Gasteiger partial charge on any atom is -0.480 e. The summed E-state index contributed by atoms with van der Waals surface area (Å²) in [5.74, 6) is -0.430. The Morgan fingerprint density at radius 3 is 3.00 bits per heavy atom. The zero-order chi connectivity index (χ0) is 12.5. The van der Waals surface area contributed by atoms with E-state index in [2.05, 4.69) is 0 Å². The Hall–Kier alpha value is -1.59. The molecule has 17 heavy (non-hydrogen) atoms. The molecule has 3 N–H and O–H groups in total. The number of nitrogens with two attached hydrogens (primary N) is 1. The molecule has 0 bridgehead atoms. The number of carboxylic acids is 1. The molecule has 5 nitrogen and oxygen atoms in total. The minimum atomic E-state index is -1.11. The largest absolute Gasteiger partial charge is 0.480 e. The Morgan fingerprint density at radius 2 is 2.41 bits per heavy atom. The first-order valence-electron chi connectivity index (χ1n) is 5.32. The third-order valence-corrected chi connectivity index (χ3v) is 3.01. The summed E-state index contributed by atoms with van der Waals surface area (Å²) in [6, 6.07) is 7.29. The highest BCUT2D eigenvalue weighted by molar-refractivity contribution is 5.84. The van der Waals surface area contributed by atoms with Crippen LogP contribution in [0.25, 0.3) is 0 Å². The van der Waals surface area contributed by atoms with E-state index in [1.54, 1.807) is 19.2 Å². The van der Waals surface area contributed by atoms with Gasteiger partial charge in [-0.3, -0.25) is 4.79 Å². The van der Waals surface area contributed by atoms with Gasteiger partial charge in [0.25, 0.3) is 0 Å². The van der Waals surface area contributed by atoms with Gasteiger partial charge in [-0.25, -0.2) is 0 Å². The van der Waals surface area contributed by atoms with Crippen molar-refractivity contribution in [2.45, 2.75) is 17.9 Å². The van der Waals surface area contributed by atoms with Crippen molar-refractivity contribution in [3.05, 3.63) is 29.8 Å². The highest BCUT2D eigenvalue weighted by Gasteiger charge is 2.58. The molecule has 0 heterocycles. The maximum Gasteiger partial charge on any atom is 0.324 e. The predicted octanol–water partition coefficient (Wildman–Crippen LogP) is 0.939. The lowest BCUT2D eigenvalue weighted by molar-refractivity contribution is -0.139. The minimum absolute atomic E-state index is 0.133. The summed E-state index contributed by atoms with van der Waals surface area (Å²) in [7, 11) is 1.54. The molecule has 1 aliphatic carbocycles. The Morgan fingerprint density at radius 1 is 1.65 bits per heavy atom. The van der Waals surface area contributed by atoms with Crippen molar-refractivity contribution >= 4 is 5.97 Å². The molecule has 1 fully saturated rings. The number of methoxy groups -OCH3 is 1. The predicted molar refractivity (Wildman–Crippen MR) is 60.9 cm³/mol. The van der Waals surface area contributed by atoms with E-state index in [-0.39, 0.29) is 12.7 Å². The number of benzene rings is 1. The second kappa shape index (κ2) is 4.35. The van der Waals surface area contributed by atoms with E-state index in [1.165, 1.54) is 0 Å². The number of rotatable bonds is 5. The molecule has 1 aromatic rings. The topological polar surface area (TPSA) is 81.8 Å². The molecule has 0 aliphatic heterocycles. The standard InChI is InChI=1S/C12H15NO4/c1-16-7-17-9-4-2-3-8(5-9)10-6-12(10,13)11(14)15/h2-5,10H,6-7,13H2,1H3,(H,14,15). The Kier molecular flexibility index (Phi) is 3.04. The third kappa shape index (κ3) is 2.25. The summed E-state index contributed by atoms with van der Waals surface area (Å²) in [6.45, 7) is 0.167. The van der Waals surface area contributed by atoms with Crippen LogP contribution in [0.15, 0.2) is 24.3 Å². The van der Waals surface area contributed by atoms with E-state index in [4.69, 9.17) is 20.3 Å². The van der Waals surface area contributed by atoms with Crippen LogP contribution >= 0.6 is 0 Å². The van der Waals surface area contributed by atoms with Crippen molar-refractivity contribution in [1.82, 2.24) is 0 Å². The van der Waals surface area contributed by atoms with Crippen LogP contribution in [0.1, 0.15) is 17.9 Å². The van der Waals surface area contributed by atoms with Gasteiger partial charge in [0.05, 0.1) is 0 Å². The van der Waals surface area contributed by atoms with Crippen LogP contribution in [-0.2, 0) is 9.53 Å². The van der Waals surface area contributed by atoms with Crippen LogP contribution in [0, 0.1) is 0 Å². The van der Waals surface area contributed by atoms with E-state index in [0.29, 0.717) is 12.2 Å². The molecule has 2 unspecified atom stereocenters. The number of hydrogen-bond donors (Lipinski definition) is 2. The molecular weight excluding hydrogens is 222 g/mol. The molecule has 1 saturated carbocycles. The third-order valence-electron chi connectivity index (χ3n) is 3.01. The zero-order valence-corrected chi connectivity index (χ0v) is 9.55. The van der Waals surface area contributed by atoms with Crippen LogP contribution in [0.4, 0.5) is 0 Å². The fourth-order valence-corrected chi connectivity index (χ4v) is 1.88. The maximum atomic E-state index is 10.9. The number of ether oxygens (including phenoxy) is 2. The Bertz CT molecular complexity index is 434. The summed E-state index contributed by atoms with van der Waals surface area (Å²) in [5, 5.41) is 8.98. The van der Waals surface area contributed by atoms with Gasteiger partial charge in [-0.15, -0.1) is 0 Å². The Labute approximate surface area is 99.1 Å². The van der Waals surface area contributed by atoms with Gasteiger partial charge in [0.15, 0.2) is 6.79 Å². The lowest BCUT2D eigenvalue weighted by atomic mass is 10.1. The lowest BCUT2D eigenvalue weighted by Crippen LogP contribution is -2.34. The fourth-order valence-electron chi connectivity index (χ4n) is 1.88. The smallest absolute Gasteiger partial charge is 0.324 e. The highest BCUT2D eigenvalue weighted by atomic mass is 16.7. The monoisotopic (exact) mass is 237 g/mol. The molecule has 0 radical (unpaired) electrons. The van der Waals surface area contributed by atoms with Crippen LogP contribution in [-0.4, -0.2) is 30.5 Å². The number of aliphatic carboxylic acids is 1. The molecule has 0 saturated heterocycles. The van der Waals surface area contributed by atoms with Gasteiger partial charge >= 0.3 is 5.97 Å². The molecule has 92 valence electrons. The zero-order valence-electron chi connectivity index (χ0n) is 9.55. The van der Waals surface area contributed by atoms with Crippen molar-refractivity contribution in [2.24, 2.45) is 5.73 Å². The molecule has 5 heteroatoms. The van der Waals surface area contributed by atoms with Gasteiger partial charge < -0.3 is 20.3 Å². The number of hydrogen-bond acceptors (Lipinski definition) is 4. The first-order valence-corrected chi connectivity index (χ1v) is 5.32. The van der Waals surface area contributed by atoms with Crippen LogP contribution in [0.2, 0.25) is 0 Å².